The molecule has 0 unspecified atom stereocenters. The Morgan fingerprint density at radius 1 is 1.43 bits per heavy atom. The zero-order chi connectivity index (χ0) is 14.7. The molecule has 0 saturated carbocycles. The molecule has 1 aliphatic heterocycles. The molecule has 5 nitrogen and oxygen atoms in total. The fourth-order valence-corrected chi connectivity index (χ4v) is 3.89. The van der Waals surface area contributed by atoms with E-state index >= 15 is 0 Å². The smallest absolute Gasteiger partial charge is 0.227 e. The topological polar surface area (TPSA) is 54.5 Å². The number of nitrogens with one attached hydrogen (secondary N) is 1. The third-order valence-corrected chi connectivity index (χ3v) is 5.29. The van der Waals surface area contributed by atoms with E-state index in [1.165, 1.54) is 0 Å². The molecular weight excluding hydrogens is 306 g/mol. The first-order valence-electron chi connectivity index (χ1n) is 6.84. The van der Waals surface area contributed by atoms with Crippen molar-refractivity contribution in [3.8, 4) is 10.6 Å². The van der Waals surface area contributed by atoms with Crippen LogP contribution < -0.4 is 5.32 Å². The third kappa shape index (κ3) is 3.42. The van der Waals surface area contributed by atoms with Crippen molar-refractivity contribution in [2.45, 2.75) is 6.42 Å². The number of anilines is 1. The van der Waals surface area contributed by atoms with Crippen molar-refractivity contribution >= 4 is 33.7 Å². The number of hydrogen-bond acceptors (Lipinski definition) is 6. The molecule has 0 bridgehead atoms. The summed E-state index contributed by atoms with van der Waals surface area (Å²) in [6, 6.07) is 4.07. The third-order valence-electron chi connectivity index (χ3n) is 3.32. The molecule has 0 atom stereocenters. The van der Waals surface area contributed by atoms with Gasteiger partial charge in [-0.3, -0.25) is 4.79 Å². The maximum absolute atomic E-state index is 12.2. The van der Waals surface area contributed by atoms with Crippen LogP contribution in [0.5, 0.6) is 0 Å². The molecule has 112 valence electrons. The molecule has 2 aromatic rings. The Bertz CT molecular complexity index is 617. The van der Waals surface area contributed by atoms with Gasteiger partial charge in [0.1, 0.15) is 0 Å². The van der Waals surface area contributed by atoms with Crippen molar-refractivity contribution in [3.05, 3.63) is 22.4 Å². The minimum absolute atomic E-state index is 0.181. The van der Waals surface area contributed by atoms with E-state index in [-0.39, 0.29) is 5.91 Å². The highest BCUT2D eigenvalue weighted by Crippen LogP contribution is 2.31. The lowest BCUT2D eigenvalue weighted by molar-refractivity contribution is -0.134. The average molecular weight is 323 g/mol. The van der Waals surface area contributed by atoms with Crippen molar-refractivity contribution in [2.24, 2.45) is 0 Å². The van der Waals surface area contributed by atoms with Gasteiger partial charge in [-0.2, -0.15) is 0 Å². The fraction of sp³-hybridized carbons (Fsp3) is 0.429. The van der Waals surface area contributed by atoms with E-state index in [2.05, 4.69) is 10.3 Å². The summed E-state index contributed by atoms with van der Waals surface area (Å²) in [4.78, 5) is 20.8. The van der Waals surface area contributed by atoms with E-state index < -0.39 is 0 Å². The minimum atomic E-state index is 0.181. The van der Waals surface area contributed by atoms with Gasteiger partial charge >= 0.3 is 0 Å². The van der Waals surface area contributed by atoms with Crippen LogP contribution in [0.3, 0.4) is 0 Å². The molecular formula is C14H17N3O2S2. The molecule has 0 spiro atoms. The van der Waals surface area contributed by atoms with Gasteiger partial charge in [0.05, 0.1) is 30.2 Å². The summed E-state index contributed by atoms with van der Waals surface area (Å²) >= 11 is 3.23. The Morgan fingerprint density at radius 2 is 2.24 bits per heavy atom. The second-order valence-corrected chi connectivity index (χ2v) is 6.75. The van der Waals surface area contributed by atoms with Crippen LogP contribution in [-0.4, -0.2) is 49.1 Å². The lowest BCUT2D eigenvalue weighted by Gasteiger charge is -2.26. The number of nitrogens with zero attached hydrogens (tertiary/aromatic N) is 2. The maximum atomic E-state index is 12.2. The lowest BCUT2D eigenvalue weighted by Crippen LogP contribution is -2.41. The van der Waals surface area contributed by atoms with Gasteiger partial charge in [0.15, 0.2) is 5.13 Å². The van der Waals surface area contributed by atoms with E-state index in [0.717, 1.165) is 20.6 Å². The van der Waals surface area contributed by atoms with Gasteiger partial charge in [-0.1, -0.05) is 0 Å². The number of carbonyl (C=O) groups excluding carboxylic acids is 1. The number of thiophene rings is 1. The van der Waals surface area contributed by atoms with E-state index in [1.807, 2.05) is 29.5 Å². The van der Waals surface area contributed by atoms with Gasteiger partial charge in [0.25, 0.3) is 0 Å². The zero-order valence-corrected chi connectivity index (χ0v) is 13.4. The number of morpholine rings is 1. The van der Waals surface area contributed by atoms with Crippen LogP contribution in [0.25, 0.3) is 10.6 Å². The van der Waals surface area contributed by atoms with Crippen molar-refractivity contribution in [1.82, 2.24) is 9.88 Å². The predicted octanol–water partition coefficient (Wildman–Crippen LogP) is 2.31. The average Bonchev–Trinajstić information content (AvgIpc) is 3.16. The molecule has 0 aliphatic carbocycles. The summed E-state index contributed by atoms with van der Waals surface area (Å²) in [6.07, 6.45) is 0.466. The molecule has 0 radical (unpaired) electrons. The van der Waals surface area contributed by atoms with E-state index in [0.29, 0.717) is 32.7 Å². The van der Waals surface area contributed by atoms with Crippen molar-refractivity contribution in [3.63, 3.8) is 0 Å². The molecule has 7 heteroatoms. The first-order chi connectivity index (χ1) is 10.3. The first-order valence-corrected chi connectivity index (χ1v) is 8.54. The quantitative estimate of drug-likeness (QED) is 0.938. The van der Waals surface area contributed by atoms with Crippen LogP contribution in [0.4, 0.5) is 5.13 Å². The fourth-order valence-electron chi connectivity index (χ4n) is 2.19. The Kier molecular flexibility index (Phi) is 4.52. The maximum Gasteiger partial charge on any atom is 0.227 e. The summed E-state index contributed by atoms with van der Waals surface area (Å²) in [5.74, 6) is 0.181. The minimum Gasteiger partial charge on any atom is -0.378 e. The lowest BCUT2D eigenvalue weighted by atomic mass is 10.3. The molecule has 3 heterocycles. The Balaban J connectivity index is 1.65. The second kappa shape index (κ2) is 6.55. The van der Waals surface area contributed by atoms with Crippen LogP contribution in [0.1, 0.15) is 4.88 Å². The highest BCUT2D eigenvalue weighted by atomic mass is 32.1. The summed E-state index contributed by atoms with van der Waals surface area (Å²) in [5, 5.41) is 5.98. The molecule has 3 rings (SSSR count). The standard InChI is InChI=1S/C14H17N3O2S2/c1-15-14-16-11(9-20-14)12-3-2-10(21-12)8-13(18)17-4-6-19-7-5-17/h2-3,9H,4-8H2,1H3,(H,15,16). The monoisotopic (exact) mass is 323 g/mol. The summed E-state index contributed by atoms with van der Waals surface area (Å²) in [7, 11) is 1.86. The van der Waals surface area contributed by atoms with Crippen LogP contribution in [0, 0.1) is 0 Å². The number of ether oxygens (including phenoxy) is 1. The summed E-state index contributed by atoms with van der Waals surface area (Å²) < 4.78 is 5.27. The Hall–Kier alpha value is -1.44. The highest BCUT2D eigenvalue weighted by Gasteiger charge is 2.18. The van der Waals surface area contributed by atoms with Gasteiger partial charge in [-0.05, 0) is 12.1 Å². The molecule has 1 N–H and O–H groups in total. The van der Waals surface area contributed by atoms with Crippen LogP contribution in [-0.2, 0) is 16.0 Å². The van der Waals surface area contributed by atoms with Crippen LogP contribution in [0.2, 0.25) is 0 Å². The zero-order valence-electron chi connectivity index (χ0n) is 11.8. The van der Waals surface area contributed by atoms with E-state index in [4.69, 9.17) is 4.74 Å². The molecule has 1 aliphatic rings. The van der Waals surface area contributed by atoms with Crippen LogP contribution >= 0.6 is 22.7 Å². The highest BCUT2D eigenvalue weighted by molar-refractivity contribution is 7.17. The van der Waals surface area contributed by atoms with E-state index in [9.17, 15) is 4.79 Å². The molecule has 1 amide bonds. The second-order valence-electron chi connectivity index (χ2n) is 4.72. The first kappa shape index (κ1) is 14.5. The SMILES string of the molecule is CNc1nc(-c2ccc(CC(=O)N3CCOCC3)s2)cs1. The van der Waals surface area contributed by atoms with Crippen molar-refractivity contribution in [2.75, 3.05) is 38.7 Å². The van der Waals surface area contributed by atoms with Gasteiger partial charge < -0.3 is 15.0 Å². The predicted molar refractivity (Wildman–Crippen MR) is 86.1 cm³/mol. The number of rotatable bonds is 4. The Labute approximate surface area is 131 Å². The van der Waals surface area contributed by atoms with Crippen molar-refractivity contribution < 1.29 is 9.53 Å². The molecule has 0 aromatic carbocycles. The van der Waals surface area contributed by atoms with Gasteiger partial charge in [0, 0.05) is 30.4 Å². The number of hydrogen-bond donors (Lipinski definition) is 1. The Morgan fingerprint density at radius 3 is 2.95 bits per heavy atom. The number of amides is 1. The molecule has 1 saturated heterocycles. The molecule has 21 heavy (non-hydrogen) atoms. The number of carbonyl (C=O) groups is 1. The molecule has 2 aromatic heterocycles. The summed E-state index contributed by atoms with van der Waals surface area (Å²) in [5.41, 5.74) is 0.972. The van der Waals surface area contributed by atoms with Gasteiger partial charge in [-0.25, -0.2) is 4.98 Å². The normalized spacial score (nSPS) is 15.2. The van der Waals surface area contributed by atoms with Gasteiger partial charge in [-0.15, -0.1) is 22.7 Å². The van der Waals surface area contributed by atoms with Crippen molar-refractivity contribution in [1.29, 1.82) is 0 Å². The number of aromatic nitrogens is 1. The number of thiazole rings is 1. The van der Waals surface area contributed by atoms with Gasteiger partial charge in [0.2, 0.25) is 5.91 Å². The van der Waals surface area contributed by atoms with E-state index in [1.54, 1.807) is 22.7 Å². The largest absolute Gasteiger partial charge is 0.378 e. The van der Waals surface area contributed by atoms with Crippen LogP contribution in [0.15, 0.2) is 17.5 Å². The summed E-state index contributed by atoms with van der Waals surface area (Å²) in [6.45, 7) is 2.70. The molecule has 1 fully saturated rings.